The lowest BCUT2D eigenvalue weighted by Crippen LogP contribution is -2.19. The minimum absolute atomic E-state index is 0.0407. The highest BCUT2D eigenvalue weighted by molar-refractivity contribution is 7.80. The standard InChI is InChI=1S/C11H17N3OS2/c1-9(16)12-6-4-2-3-5-10(15)14-11-13-7-8-17-11/h7-8H,2-6H2,1H3,(H,12,16)(H,13,14,15). The monoisotopic (exact) mass is 271 g/mol. The second-order valence-electron chi connectivity index (χ2n) is 3.68. The number of aromatic nitrogens is 1. The van der Waals surface area contributed by atoms with E-state index in [1.807, 2.05) is 12.3 Å². The molecule has 0 aliphatic rings. The zero-order chi connectivity index (χ0) is 12.5. The molecule has 1 aromatic rings. The van der Waals surface area contributed by atoms with Crippen LogP contribution in [0.2, 0.25) is 0 Å². The van der Waals surface area contributed by atoms with E-state index in [-0.39, 0.29) is 5.91 Å². The Bertz CT molecular complexity index is 352. The van der Waals surface area contributed by atoms with Crippen LogP contribution in [0.5, 0.6) is 0 Å². The molecular weight excluding hydrogens is 254 g/mol. The molecule has 0 atom stereocenters. The third-order valence-electron chi connectivity index (χ3n) is 2.13. The predicted molar refractivity (Wildman–Crippen MR) is 75.5 cm³/mol. The van der Waals surface area contributed by atoms with Crippen LogP contribution in [0.4, 0.5) is 5.13 Å². The summed E-state index contributed by atoms with van der Waals surface area (Å²) in [6.07, 6.45) is 5.20. The second-order valence-corrected chi connectivity index (χ2v) is 5.19. The molecule has 17 heavy (non-hydrogen) atoms. The fraction of sp³-hybridized carbons (Fsp3) is 0.545. The molecular formula is C11H17N3OS2. The Hall–Kier alpha value is -1.01. The fourth-order valence-corrected chi connectivity index (χ4v) is 1.97. The normalized spacial score (nSPS) is 9.94. The van der Waals surface area contributed by atoms with Gasteiger partial charge in [0.05, 0.1) is 4.99 Å². The van der Waals surface area contributed by atoms with Crippen LogP contribution < -0.4 is 10.6 Å². The molecule has 1 amide bonds. The zero-order valence-electron chi connectivity index (χ0n) is 9.86. The highest BCUT2D eigenvalue weighted by Gasteiger charge is 2.03. The van der Waals surface area contributed by atoms with Crippen molar-refractivity contribution in [2.45, 2.75) is 32.6 Å². The van der Waals surface area contributed by atoms with Crippen LogP contribution >= 0.6 is 23.6 Å². The van der Waals surface area contributed by atoms with Gasteiger partial charge in [0.1, 0.15) is 0 Å². The van der Waals surface area contributed by atoms with E-state index in [1.165, 1.54) is 11.3 Å². The van der Waals surface area contributed by atoms with E-state index in [1.54, 1.807) is 6.20 Å². The summed E-state index contributed by atoms with van der Waals surface area (Å²) in [7, 11) is 0. The third kappa shape index (κ3) is 7.01. The largest absolute Gasteiger partial charge is 0.380 e. The molecule has 94 valence electrons. The van der Waals surface area contributed by atoms with Gasteiger partial charge in [0.15, 0.2) is 5.13 Å². The van der Waals surface area contributed by atoms with E-state index in [0.29, 0.717) is 11.6 Å². The number of hydrogen-bond donors (Lipinski definition) is 2. The van der Waals surface area contributed by atoms with Crippen LogP contribution in [0.3, 0.4) is 0 Å². The number of unbranched alkanes of at least 4 members (excludes halogenated alkanes) is 2. The van der Waals surface area contributed by atoms with Gasteiger partial charge >= 0.3 is 0 Å². The molecule has 1 heterocycles. The zero-order valence-corrected chi connectivity index (χ0v) is 11.5. The van der Waals surface area contributed by atoms with Crippen LogP contribution in [0, 0.1) is 0 Å². The maximum absolute atomic E-state index is 11.5. The highest BCUT2D eigenvalue weighted by Crippen LogP contribution is 2.11. The smallest absolute Gasteiger partial charge is 0.226 e. The van der Waals surface area contributed by atoms with Crippen LogP contribution in [0.25, 0.3) is 0 Å². The van der Waals surface area contributed by atoms with Crippen LogP contribution in [0.15, 0.2) is 11.6 Å². The van der Waals surface area contributed by atoms with E-state index in [9.17, 15) is 4.79 Å². The average Bonchev–Trinajstić information content (AvgIpc) is 2.75. The van der Waals surface area contributed by atoms with Crippen LogP contribution in [0.1, 0.15) is 32.6 Å². The molecule has 0 saturated heterocycles. The Balaban J connectivity index is 1.99. The molecule has 0 bridgehead atoms. The van der Waals surface area contributed by atoms with E-state index in [4.69, 9.17) is 12.2 Å². The number of rotatable bonds is 7. The quantitative estimate of drug-likeness (QED) is 0.591. The predicted octanol–water partition coefficient (Wildman–Crippen LogP) is 2.58. The van der Waals surface area contributed by atoms with Gasteiger partial charge in [-0.15, -0.1) is 11.3 Å². The van der Waals surface area contributed by atoms with Crippen molar-refractivity contribution in [3.05, 3.63) is 11.6 Å². The number of thiazole rings is 1. The van der Waals surface area contributed by atoms with Crippen molar-refractivity contribution in [3.8, 4) is 0 Å². The number of carbonyl (C=O) groups excluding carboxylic acids is 1. The maximum Gasteiger partial charge on any atom is 0.226 e. The van der Waals surface area contributed by atoms with Crippen molar-refractivity contribution in [1.82, 2.24) is 10.3 Å². The summed E-state index contributed by atoms with van der Waals surface area (Å²) in [5, 5.41) is 8.37. The summed E-state index contributed by atoms with van der Waals surface area (Å²) in [5.41, 5.74) is 0. The minimum atomic E-state index is 0.0407. The number of anilines is 1. The first-order valence-corrected chi connectivity index (χ1v) is 6.91. The Morgan fingerprint density at radius 2 is 2.29 bits per heavy atom. The Morgan fingerprint density at radius 3 is 2.94 bits per heavy atom. The topological polar surface area (TPSA) is 54.0 Å². The molecule has 0 unspecified atom stereocenters. The number of nitrogens with one attached hydrogen (secondary N) is 2. The van der Waals surface area contributed by atoms with Gasteiger partial charge in [-0.25, -0.2) is 4.98 Å². The van der Waals surface area contributed by atoms with Gasteiger partial charge in [0, 0.05) is 24.5 Å². The van der Waals surface area contributed by atoms with Gasteiger partial charge in [-0.05, 0) is 19.8 Å². The van der Waals surface area contributed by atoms with Crippen molar-refractivity contribution in [2.24, 2.45) is 0 Å². The first-order chi connectivity index (χ1) is 8.18. The summed E-state index contributed by atoms with van der Waals surface area (Å²) >= 11 is 6.33. The number of carbonyl (C=O) groups is 1. The molecule has 0 fully saturated rings. The number of nitrogens with zero attached hydrogens (tertiary/aromatic N) is 1. The first-order valence-electron chi connectivity index (χ1n) is 5.62. The lowest BCUT2D eigenvalue weighted by atomic mass is 10.2. The van der Waals surface area contributed by atoms with Crippen molar-refractivity contribution >= 4 is 39.6 Å². The van der Waals surface area contributed by atoms with E-state index in [0.717, 1.165) is 30.8 Å². The number of thiocarbonyl (C=S) groups is 1. The third-order valence-corrected chi connectivity index (χ3v) is 2.97. The van der Waals surface area contributed by atoms with E-state index >= 15 is 0 Å². The minimum Gasteiger partial charge on any atom is -0.380 e. The molecule has 0 radical (unpaired) electrons. The van der Waals surface area contributed by atoms with Crippen molar-refractivity contribution < 1.29 is 4.79 Å². The Labute approximate surface area is 111 Å². The van der Waals surface area contributed by atoms with E-state index < -0.39 is 0 Å². The highest BCUT2D eigenvalue weighted by atomic mass is 32.1. The lowest BCUT2D eigenvalue weighted by Gasteiger charge is -2.04. The van der Waals surface area contributed by atoms with Gasteiger partial charge in [0.25, 0.3) is 0 Å². The molecule has 1 aromatic heterocycles. The molecule has 4 nitrogen and oxygen atoms in total. The summed E-state index contributed by atoms with van der Waals surface area (Å²) in [6, 6.07) is 0. The summed E-state index contributed by atoms with van der Waals surface area (Å²) in [5.74, 6) is 0.0407. The maximum atomic E-state index is 11.5. The molecule has 6 heteroatoms. The van der Waals surface area contributed by atoms with Crippen molar-refractivity contribution in [3.63, 3.8) is 0 Å². The Kier molecular flexibility index (Phi) is 6.73. The van der Waals surface area contributed by atoms with Gasteiger partial charge in [-0.1, -0.05) is 18.6 Å². The lowest BCUT2D eigenvalue weighted by molar-refractivity contribution is -0.116. The van der Waals surface area contributed by atoms with Gasteiger partial charge in [-0.2, -0.15) is 0 Å². The number of hydrogen-bond acceptors (Lipinski definition) is 4. The summed E-state index contributed by atoms with van der Waals surface area (Å²) < 4.78 is 0. The Morgan fingerprint density at radius 1 is 1.47 bits per heavy atom. The average molecular weight is 271 g/mol. The molecule has 0 spiro atoms. The number of amides is 1. The summed E-state index contributed by atoms with van der Waals surface area (Å²) in [4.78, 5) is 16.3. The van der Waals surface area contributed by atoms with Crippen LogP contribution in [-0.4, -0.2) is 22.4 Å². The SMILES string of the molecule is CC(=S)NCCCCCC(=O)Nc1nccs1. The second kappa shape index (κ2) is 8.14. The first kappa shape index (κ1) is 14.1. The van der Waals surface area contributed by atoms with Gasteiger partial charge in [-0.3, -0.25) is 4.79 Å². The van der Waals surface area contributed by atoms with Crippen LogP contribution in [-0.2, 0) is 4.79 Å². The van der Waals surface area contributed by atoms with Crippen molar-refractivity contribution in [2.75, 3.05) is 11.9 Å². The van der Waals surface area contributed by atoms with Gasteiger partial charge in [0.2, 0.25) is 5.91 Å². The summed E-state index contributed by atoms with van der Waals surface area (Å²) in [6.45, 7) is 2.76. The van der Waals surface area contributed by atoms with Gasteiger partial charge < -0.3 is 10.6 Å². The molecule has 0 aliphatic carbocycles. The van der Waals surface area contributed by atoms with Crippen molar-refractivity contribution in [1.29, 1.82) is 0 Å². The molecule has 2 N–H and O–H groups in total. The molecule has 0 aromatic carbocycles. The molecule has 0 saturated carbocycles. The molecule has 0 aliphatic heterocycles. The van der Waals surface area contributed by atoms with E-state index in [2.05, 4.69) is 15.6 Å². The molecule has 1 rings (SSSR count). The fourth-order valence-electron chi connectivity index (χ4n) is 1.32.